The van der Waals surface area contributed by atoms with E-state index in [1.165, 1.54) is 29.5 Å². The lowest BCUT2D eigenvalue weighted by Gasteiger charge is -1.98. The number of hydrogen-bond acceptors (Lipinski definition) is 4. The van der Waals surface area contributed by atoms with Crippen LogP contribution in [-0.2, 0) is 11.2 Å². The van der Waals surface area contributed by atoms with E-state index in [1.54, 1.807) is 12.1 Å². The summed E-state index contributed by atoms with van der Waals surface area (Å²) in [5.74, 6) is -1.22. The van der Waals surface area contributed by atoms with Crippen LogP contribution in [0.25, 0.3) is 6.08 Å². The number of amidine groups is 1. The molecule has 0 saturated carbocycles. The Bertz CT molecular complexity index is 886. The Morgan fingerprint density at radius 3 is 2.68 bits per heavy atom. The predicted molar refractivity (Wildman–Crippen MR) is 100 cm³/mol. The van der Waals surface area contributed by atoms with E-state index in [0.717, 1.165) is 12.0 Å². The van der Waals surface area contributed by atoms with Crippen molar-refractivity contribution in [3.8, 4) is 0 Å². The first kappa shape index (κ1) is 17.0. The van der Waals surface area contributed by atoms with E-state index in [4.69, 9.17) is 5.11 Å². The number of carboxylic acids is 1. The van der Waals surface area contributed by atoms with Gasteiger partial charge in [-0.25, -0.2) is 9.79 Å². The first-order chi connectivity index (χ1) is 12.0. The molecule has 0 bridgehead atoms. The second-order valence-corrected chi connectivity index (χ2v) is 6.46. The number of nitrogens with one attached hydrogen (secondary N) is 1. The van der Waals surface area contributed by atoms with Crippen LogP contribution in [0, 0.1) is 0 Å². The van der Waals surface area contributed by atoms with Gasteiger partial charge in [0.15, 0.2) is 5.17 Å². The number of hydrogen-bond donors (Lipinski definition) is 2. The van der Waals surface area contributed by atoms with Gasteiger partial charge in [-0.2, -0.15) is 0 Å². The second-order valence-electron chi connectivity index (χ2n) is 5.43. The van der Waals surface area contributed by atoms with Gasteiger partial charge in [0.1, 0.15) is 0 Å². The number of aliphatic imine (C=N–C) groups is 1. The first-order valence-electron chi connectivity index (χ1n) is 7.77. The highest BCUT2D eigenvalue weighted by Gasteiger charge is 2.23. The van der Waals surface area contributed by atoms with E-state index in [2.05, 4.69) is 17.2 Å². The summed E-state index contributed by atoms with van der Waals surface area (Å²) >= 11 is 1.24. The lowest BCUT2D eigenvalue weighted by molar-refractivity contribution is -0.115. The standard InChI is InChI=1S/C19H16N2O3S/c1-2-12-6-8-13(9-7-12)10-16-17(22)21-19(25-16)20-15-5-3-4-14(11-15)18(23)24/h3-11H,2H2,1H3,(H,23,24)(H,20,21,22)/b16-10-. The van der Waals surface area contributed by atoms with Crippen LogP contribution >= 0.6 is 11.8 Å². The molecule has 1 aliphatic heterocycles. The molecule has 0 aromatic heterocycles. The number of carbonyl (C=O) groups excluding carboxylic acids is 1. The molecule has 126 valence electrons. The van der Waals surface area contributed by atoms with Gasteiger partial charge in [0.25, 0.3) is 5.91 Å². The van der Waals surface area contributed by atoms with Gasteiger partial charge in [0, 0.05) is 0 Å². The quantitative estimate of drug-likeness (QED) is 0.820. The summed E-state index contributed by atoms with van der Waals surface area (Å²) in [6, 6.07) is 14.3. The molecule has 0 radical (unpaired) electrons. The molecular weight excluding hydrogens is 336 g/mol. The number of nitrogens with zero attached hydrogens (tertiary/aromatic N) is 1. The number of carbonyl (C=O) groups is 2. The Labute approximate surface area is 149 Å². The Kier molecular flexibility index (Phi) is 5.00. The van der Waals surface area contributed by atoms with Crippen molar-refractivity contribution in [3.63, 3.8) is 0 Å². The van der Waals surface area contributed by atoms with Gasteiger partial charge >= 0.3 is 5.97 Å². The minimum absolute atomic E-state index is 0.156. The van der Waals surface area contributed by atoms with Crippen molar-refractivity contribution in [1.29, 1.82) is 0 Å². The third-order valence-electron chi connectivity index (χ3n) is 3.66. The molecule has 3 rings (SSSR count). The van der Waals surface area contributed by atoms with Crippen LogP contribution in [0.15, 0.2) is 58.4 Å². The van der Waals surface area contributed by atoms with E-state index >= 15 is 0 Å². The second kappa shape index (κ2) is 7.36. The molecule has 1 saturated heterocycles. The molecule has 2 aromatic rings. The number of aromatic carboxylic acids is 1. The number of carboxylic acid groups (broad SMARTS) is 1. The number of amides is 1. The number of thioether (sulfide) groups is 1. The van der Waals surface area contributed by atoms with Crippen molar-refractivity contribution < 1.29 is 14.7 Å². The highest BCUT2D eigenvalue weighted by atomic mass is 32.2. The summed E-state index contributed by atoms with van der Waals surface area (Å²) in [6.07, 6.45) is 2.79. The lowest BCUT2D eigenvalue weighted by Crippen LogP contribution is -2.19. The molecule has 0 unspecified atom stereocenters. The zero-order chi connectivity index (χ0) is 17.8. The summed E-state index contributed by atoms with van der Waals surface area (Å²) in [4.78, 5) is 28.0. The normalized spacial score (nSPS) is 17.1. The Balaban J connectivity index is 1.80. The zero-order valence-corrected chi connectivity index (χ0v) is 14.3. The SMILES string of the molecule is CCc1ccc(/C=C2\SC(=Nc3cccc(C(=O)O)c3)NC2=O)cc1. The summed E-state index contributed by atoms with van der Waals surface area (Å²) < 4.78 is 0. The smallest absolute Gasteiger partial charge is 0.335 e. The van der Waals surface area contributed by atoms with Crippen molar-refractivity contribution in [2.45, 2.75) is 13.3 Å². The fourth-order valence-corrected chi connectivity index (χ4v) is 3.15. The molecule has 1 heterocycles. The highest BCUT2D eigenvalue weighted by Crippen LogP contribution is 2.28. The van der Waals surface area contributed by atoms with Crippen molar-refractivity contribution in [3.05, 3.63) is 70.1 Å². The maximum atomic E-state index is 12.1. The van der Waals surface area contributed by atoms with Gasteiger partial charge in [-0.05, 0) is 53.6 Å². The first-order valence-corrected chi connectivity index (χ1v) is 8.58. The van der Waals surface area contributed by atoms with Crippen LogP contribution in [-0.4, -0.2) is 22.2 Å². The van der Waals surface area contributed by atoms with Crippen LogP contribution in [0.2, 0.25) is 0 Å². The summed E-state index contributed by atoms with van der Waals surface area (Å²) in [5, 5.41) is 12.2. The molecule has 25 heavy (non-hydrogen) atoms. The average molecular weight is 352 g/mol. The molecule has 6 heteroatoms. The third kappa shape index (κ3) is 4.16. The molecule has 1 aliphatic rings. The average Bonchev–Trinajstić information content (AvgIpc) is 2.95. The molecule has 5 nitrogen and oxygen atoms in total. The van der Waals surface area contributed by atoms with Crippen LogP contribution in [0.1, 0.15) is 28.4 Å². The maximum absolute atomic E-state index is 12.1. The Hall–Kier alpha value is -2.86. The number of rotatable bonds is 4. The minimum Gasteiger partial charge on any atom is -0.478 e. The maximum Gasteiger partial charge on any atom is 0.335 e. The highest BCUT2D eigenvalue weighted by molar-refractivity contribution is 8.18. The number of benzene rings is 2. The van der Waals surface area contributed by atoms with Crippen LogP contribution in [0.5, 0.6) is 0 Å². The van der Waals surface area contributed by atoms with Gasteiger partial charge in [-0.3, -0.25) is 4.79 Å². The molecule has 0 spiro atoms. The van der Waals surface area contributed by atoms with Gasteiger partial charge in [0.2, 0.25) is 0 Å². The van der Waals surface area contributed by atoms with Gasteiger partial charge < -0.3 is 10.4 Å². The van der Waals surface area contributed by atoms with E-state index in [9.17, 15) is 9.59 Å². The molecule has 0 aliphatic carbocycles. The summed E-state index contributed by atoms with van der Waals surface area (Å²) in [7, 11) is 0. The Morgan fingerprint density at radius 1 is 1.24 bits per heavy atom. The summed E-state index contributed by atoms with van der Waals surface area (Å²) in [6.45, 7) is 2.09. The topological polar surface area (TPSA) is 78.8 Å². The van der Waals surface area contributed by atoms with E-state index in [1.807, 2.05) is 30.3 Å². The van der Waals surface area contributed by atoms with Gasteiger partial charge in [0.05, 0.1) is 16.2 Å². The fraction of sp³-hybridized carbons (Fsp3) is 0.105. The van der Waals surface area contributed by atoms with E-state index in [-0.39, 0.29) is 11.5 Å². The van der Waals surface area contributed by atoms with Crippen LogP contribution in [0.4, 0.5) is 5.69 Å². The monoisotopic (exact) mass is 352 g/mol. The molecule has 1 fully saturated rings. The lowest BCUT2D eigenvalue weighted by atomic mass is 10.1. The zero-order valence-electron chi connectivity index (χ0n) is 13.5. The largest absolute Gasteiger partial charge is 0.478 e. The van der Waals surface area contributed by atoms with E-state index < -0.39 is 5.97 Å². The molecule has 1 amide bonds. The van der Waals surface area contributed by atoms with Crippen LogP contribution in [0.3, 0.4) is 0 Å². The molecule has 0 atom stereocenters. The number of aryl methyl sites for hydroxylation is 1. The minimum atomic E-state index is -1.01. The molecular formula is C19H16N2O3S. The molecule has 2 aromatic carbocycles. The van der Waals surface area contributed by atoms with E-state index in [0.29, 0.717) is 15.8 Å². The van der Waals surface area contributed by atoms with Crippen molar-refractivity contribution in [2.75, 3.05) is 0 Å². The molecule has 2 N–H and O–H groups in total. The van der Waals surface area contributed by atoms with Gasteiger partial charge in [-0.15, -0.1) is 0 Å². The van der Waals surface area contributed by atoms with Gasteiger partial charge in [-0.1, -0.05) is 37.3 Å². The Morgan fingerprint density at radius 2 is 2.00 bits per heavy atom. The summed E-state index contributed by atoms with van der Waals surface area (Å²) in [5.41, 5.74) is 2.83. The van der Waals surface area contributed by atoms with Crippen LogP contribution < -0.4 is 5.32 Å². The van der Waals surface area contributed by atoms with Crippen molar-refractivity contribution in [2.24, 2.45) is 4.99 Å². The fourth-order valence-electron chi connectivity index (χ4n) is 2.31. The van der Waals surface area contributed by atoms with Crippen molar-refractivity contribution >= 4 is 40.6 Å². The third-order valence-corrected chi connectivity index (χ3v) is 4.57. The van der Waals surface area contributed by atoms with Crippen molar-refractivity contribution in [1.82, 2.24) is 5.32 Å². The predicted octanol–water partition coefficient (Wildman–Crippen LogP) is 3.84.